The van der Waals surface area contributed by atoms with Gasteiger partial charge in [-0.05, 0) is 25.0 Å². The molecule has 0 amide bonds. The van der Waals surface area contributed by atoms with E-state index in [1.807, 2.05) is 0 Å². The first-order chi connectivity index (χ1) is 6.84. The Morgan fingerprint density at radius 3 is 3.07 bits per heavy atom. The van der Waals surface area contributed by atoms with Crippen LogP contribution in [0, 0.1) is 11.9 Å². The molecule has 2 nitrogen and oxygen atoms in total. The largest absolute Gasteiger partial charge is 0.464 e. The average Bonchev–Trinajstić information content (AvgIpc) is 2.19. The number of hydrogen-bond donors (Lipinski definition) is 0. The summed E-state index contributed by atoms with van der Waals surface area (Å²) < 4.78 is 23.5. The molecule has 0 bridgehead atoms. The van der Waals surface area contributed by atoms with Crippen molar-refractivity contribution in [2.24, 2.45) is 0 Å². The van der Waals surface area contributed by atoms with Crippen molar-refractivity contribution in [2.45, 2.75) is 25.6 Å². The van der Waals surface area contributed by atoms with Crippen molar-refractivity contribution in [1.82, 2.24) is 0 Å². The molecular formula is C11H12FO2. The maximum atomic E-state index is 12.7. The third-order valence-corrected chi connectivity index (χ3v) is 2.13. The summed E-state index contributed by atoms with van der Waals surface area (Å²) in [6, 6.07) is 7.11. The molecule has 1 aliphatic heterocycles. The molecule has 1 fully saturated rings. The molecular weight excluding hydrogens is 183 g/mol. The van der Waals surface area contributed by atoms with Gasteiger partial charge in [-0.15, -0.1) is 0 Å². The third-order valence-electron chi connectivity index (χ3n) is 2.13. The van der Waals surface area contributed by atoms with Crippen LogP contribution in [0.1, 0.15) is 19.3 Å². The van der Waals surface area contributed by atoms with E-state index in [2.05, 4.69) is 6.07 Å². The van der Waals surface area contributed by atoms with Crippen LogP contribution < -0.4 is 4.74 Å². The summed E-state index contributed by atoms with van der Waals surface area (Å²) in [6.45, 7) is 0.722. The number of rotatable bonds is 2. The van der Waals surface area contributed by atoms with Gasteiger partial charge in [0.15, 0.2) is 6.29 Å². The summed E-state index contributed by atoms with van der Waals surface area (Å²) in [4.78, 5) is 0. The highest BCUT2D eigenvalue weighted by atomic mass is 19.1. The molecule has 1 unspecified atom stereocenters. The van der Waals surface area contributed by atoms with Gasteiger partial charge in [-0.3, -0.25) is 0 Å². The van der Waals surface area contributed by atoms with Gasteiger partial charge < -0.3 is 9.47 Å². The lowest BCUT2D eigenvalue weighted by molar-refractivity contribution is -0.106. The molecule has 2 rings (SSSR count). The van der Waals surface area contributed by atoms with Crippen LogP contribution >= 0.6 is 0 Å². The normalized spacial score (nSPS) is 21.9. The van der Waals surface area contributed by atoms with Gasteiger partial charge in [-0.1, -0.05) is 6.07 Å². The SMILES string of the molecule is Fc1[c]c(OC2CCCCO2)ccc1. The number of ether oxygens (including phenoxy) is 2. The van der Waals surface area contributed by atoms with Crippen molar-refractivity contribution in [3.05, 3.63) is 30.1 Å². The van der Waals surface area contributed by atoms with E-state index in [9.17, 15) is 4.39 Å². The zero-order valence-corrected chi connectivity index (χ0v) is 7.83. The van der Waals surface area contributed by atoms with E-state index in [0.717, 1.165) is 25.9 Å². The topological polar surface area (TPSA) is 18.5 Å². The van der Waals surface area contributed by atoms with Gasteiger partial charge in [0.25, 0.3) is 0 Å². The number of benzene rings is 1. The summed E-state index contributed by atoms with van der Waals surface area (Å²) in [6.07, 6.45) is 2.80. The van der Waals surface area contributed by atoms with Crippen LogP contribution in [-0.4, -0.2) is 12.9 Å². The van der Waals surface area contributed by atoms with Gasteiger partial charge in [-0.2, -0.15) is 0 Å². The maximum Gasteiger partial charge on any atom is 0.199 e. The van der Waals surface area contributed by atoms with Crippen molar-refractivity contribution in [3.63, 3.8) is 0 Å². The Labute approximate surface area is 82.6 Å². The molecule has 3 heteroatoms. The first-order valence-electron chi connectivity index (χ1n) is 4.81. The molecule has 1 aromatic carbocycles. The van der Waals surface area contributed by atoms with Crippen molar-refractivity contribution in [3.8, 4) is 5.75 Å². The second-order valence-electron chi connectivity index (χ2n) is 3.28. The van der Waals surface area contributed by atoms with E-state index < -0.39 is 5.82 Å². The predicted molar refractivity (Wildman–Crippen MR) is 49.5 cm³/mol. The minimum Gasteiger partial charge on any atom is -0.464 e. The molecule has 0 spiro atoms. The number of hydrogen-bond acceptors (Lipinski definition) is 2. The smallest absolute Gasteiger partial charge is 0.199 e. The van der Waals surface area contributed by atoms with Crippen LogP contribution in [0.4, 0.5) is 4.39 Å². The fourth-order valence-electron chi connectivity index (χ4n) is 1.44. The Morgan fingerprint density at radius 2 is 2.36 bits per heavy atom. The standard InChI is InChI=1S/C11H12FO2/c12-9-4-3-5-10(8-9)14-11-6-1-2-7-13-11/h3-5,11H,1-2,6-7H2. The molecule has 1 aromatic rings. The summed E-state index contributed by atoms with van der Waals surface area (Å²) in [5, 5.41) is 0. The summed E-state index contributed by atoms with van der Waals surface area (Å²) in [7, 11) is 0. The second kappa shape index (κ2) is 4.42. The zero-order chi connectivity index (χ0) is 9.80. The van der Waals surface area contributed by atoms with Gasteiger partial charge in [0.2, 0.25) is 0 Å². The molecule has 0 saturated carbocycles. The highest BCUT2D eigenvalue weighted by molar-refractivity contribution is 5.20. The predicted octanol–water partition coefficient (Wildman–Crippen LogP) is 2.53. The monoisotopic (exact) mass is 195 g/mol. The Morgan fingerprint density at radius 1 is 1.43 bits per heavy atom. The van der Waals surface area contributed by atoms with Crippen molar-refractivity contribution in [2.75, 3.05) is 6.61 Å². The lowest BCUT2D eigenvalue weighted by atomic mass is 10.2. The van der Waals surface area contributed by atoms with E-state index >= 15 is 0 Å². The lowest BCUT2D eigenvalue weighted by Crippen LogP contribution is -2.25. The summed E-state index contributed by atoms with van der Waals surface area (Å²) in [5.74, 6) is 0.00945. The van der Waals surface area contributed by atoms with E-state index in [1.54, 1.807) is 12.1 Å². The minimum atomic E-state index is -0.404. The second-order valence-corrected chi connectivity index (χ2v) is 3.28. The van der Waals surface area contributed by atoms with E-state index in [4.69, 9.17) is 9.47 Å². The quantitative estimate of drug-likeness (QED) is 0.722. The Hall–Kier alpha value is -1.09. The third kappa shape index (κ3) is 2.45. The van der Waals surface area contributed by atoms with Crippen LogP contribution in [0.15, 0.2) is 18.2 Å². The summed E-state index contributed by atoms with van der Waals surface area (Å²) >= 11 is 0. The van der Waals surface area contributed by atoms with E-state index in [1.165, 1.54) is 6.07 Å². The molecule has 1 aliphatic rings. The van der Waals surface area contributed by atoms with Gasteiger partial charge in [0.05, 0.1) is 12.7 Å². The van der Waals surface area contributed by atoms with Crippen molar-refractivity contribution in [1.29, 1.82) is 0 Å². The highest BCUT2D eigenvalue weighted by Gasteiger charge is 2.15. The van der Waals surface area contributed by atoms with Gasteiger partial charge in [-0.25, -0.2) is 4.39 Å². The summed E-state index contributed by atoms with van der Waals surface area (Å²) in [5.41, 5.74) is 0. The van der Waals surface area contributed by atoms with Gasteiger partial charge in [0, 0.05) is 6.42 Å². The molecule has 1 heterocycles. The molecule has 1 radical (unpaired) electrons. The lowest BCUT2D eigenvalue weighted by Gasteiger charge is -2.23. The van der Waals surface area contributed by atoms with Gasteiger partial charge in [0.1, 0.15) is 11.6 Å². The van der Waals surface area contributed by atoms with Gasteiger partial charge >= 0.3 is 0 Å². The Bertz CT molecular complexity index is 295. The zero-order valence-electron chi connectivity index (χ0n) is 7.83. The van der Waals surface area contributed by atoms with Crippen LogP contribution in [0.3, 0.4) is 0 Å². The molecule has 1 atom stereocenters. The van der Waals surface area contributed by atoms with E-state index in [-0.39, 0.29) is 6.29 Å². The van der Waals surface area contributed by atoms with Crippen LogP contribution in [0.2, 0.25) is 0 Å². The Balaban J connectivity index is 1.95. The molecule has 0 N–H and O–H groups in total. The average molecular weight is 195 g/mol. The van der Waals surface area contributed by atoms with Crippen molar-refractivity contribution < 1.29 is 13.9 Å². The number of halogens is 1. The fourth-order valence-corrected chi connectivity index (χ4v) is 1.44. The van der Waals surface area contributed by atoms with Crippen LogP contribution in [-0.2, 0) is 4.74 Å². The Kier molecular flexibility index (Phi) is 2.99. The maximum absolute atomic E-state index is 12.7. The molecule has 75 valence electrons. The van der Waals surface area contributed by atoms with Crippen LogP contribution in [0.25, 0.3) is 0 Å². The fraction of sp³-hybridized carbons (Fsp3) is 0.455. The first-order valence-corrected chi connectivity index (χ1v) is 4.81. The van der Waals surface area contributed by atoms with Crippen LogP contribution in [0.5, 0.6) is 5.75 Å². The molecule has 14 heavy (non-hydrogen) atoms. The highest BCUT2D eigenvalue weighted by Crippen LogP contribution is 2.18. The van der Waals surface area contributed by atoms with E-state index in [0.29, 0.717) is 5.75 Å². The molecule has 0 aliphatic carbocycles. The molecule has 1 saturated heterocycles. The van der Waals surface area contributed by atoms with Crippen molar-refractivity contribution >= 4 is 0 Å². The molecule has 0 aromatic heterocycles. The minimum absolute atomic E-state index is 0.234. The first kappa shape index (κ1) is 9.46.